The summed E-state index contributed by atoms with van der Waals surface area (Å²) in [5, 5.41) is 11.1. The zero-order valence-electron chi connectivity index (χ0n) is 25.6. The lowest BCUT2D eigenvalue weighted by Gasteiger charge is -2.35. The number of aliphatic hydroxyl groups excluding tert-OH is 1. The lowest BCUT2D eigenvalue weighted by molar-refractivity contribution is 0.0372. The molecule has 2 fully saturated rings. The second-order valence-electron chi connectivity index (χ2n) is 11.8. The third kappa shape index (κ3) is 8.23. The van der Waals surface area contributed by atoms with Crippen LogP contribution in [0.2, 0.25) is 0 Å². The van der Waals surface area contributed by atoms with Crippen molar-refractivity contribution in [3.63, 3.8) is 0 Å². The number of nitrogens with zero attached hydrogens (tertiary/aromatic N) is 6. The predicted octanol–water partition coefficient (Wildman–Crippen LogP) is -0.0793. The zero-order chi connectivity index (χ0) is 31.1. The Morgan fingerprint density at radius 2 is 1.57 bits per heavy atom. The molecule has 2 aliphatic heterocycles. The van der Waals surface area contributed by atoms with Crippen LogP contribution >= 0.6 is 0 Å². The van der Waals surface area contributed by atoms with E-state index in [0.29, 0.717) is 42.2 Å². The minimum absolute atomic E-state index is 0.120. The summed E-state index contributed by atoms with van der Waals surface area (Å²) in [4.78, 5) is 39.9. The van der Waals surface area contributed by atoms with E-state index in [4.69, 9.17) is 4.74 Å². The van der Waals surface area contributed by atoms with Gasteiger partial charge in [0.25, 0.3) is 5.56 Å². The van der Waals surface area contributed by atoms with Gasteiger partial charge in [0.1, 0.15) is 5.82 Å². The molecule has 44 heavy (non-hydrogen) atoms. The fraction of sp³-hybridized carbons (Fsp3) is 0.633. The summed E-state index contributed by atoms with van der Waals surface area (Å²) in [6, 6.07) is 8.57. The van der Waals surface area contributed by atoms with Gasteiger partial charge in [0.15, 0.2) is 21.0 Å². The highest BCUT2D eigenvalue weighted by molar-refractivity contribution is 7.91. The Bertz CT molecular complexity index is 1590. The van der Waals surface area contributed by atoms with Crippen molar-refractivity contribution < 1.29 is 18.3 Å². The number of aromatic nitrogens is 4. The molecule has 0 amide bonds. The van der Waals surface area contributed by atoms with Crippen molar-refractivity contribution in [1.82, 2.24) is 33.8 Å². The summed E-state index contributed by atoms with van der Waals surface area (Å²) in [5.74, 6) is 0.810. The molecule has 2 saturated heterocycles. The number of ether oxygens (including phenoxy) is 1. The van der Waals surface area contributed by atoms with E-state index in [1.54, 1.807) is 28.8 Å². The molecular formula is C30H45N7O6S. The molecule has 1 aromatic carbocycles. The second-order valence-corrected chi connectivity index (χ2v) is 13.9. The molecule has 2 aromatic heterocycles. The Balaban J connectivity index is 1.14. The molecule has 0 bridgehead atoms. The third-order valence-electron chi connectivity index (χ3n) is 8.63. The first-order valence-corrected chi connectivity index (χ1v) is 17.3. The topological polar surface area (TPSA) is 146 Å². The van der Waals surface area contributed by atoms with E-state index in [0.717, 1.165) is 76.4 Å². The van der Waals surface area contributed by atoms with Crippen LogP contribution in [0.15, 0.2) is 44.8 Å². The summed E-state index contributed by atoms with van der Waals surface area (Å²) in [5.41, 5.74) is -0.367. The summed E-state index contributed by atoms with van der Waals surface area (Å²) in [6.07, 6.45) is 2.31. The Hall–Kier alpha value is -2.88. The summed E-state index contributed by atoms with van der Waals surface area (Å²) < 4.78 is 33.4. The monoisotopic (exact) mass is 631 g/mol. The number of piperazine rings is 1. The highest BCUT2D eigenvalue weighted by atomic mass is 32.2. The number of fused-ring (bicyclic) bond motifs is 1. The number of nitrogens with one attached hydrogen (secondary N) is 1. The number of unbranched alkanes of at least 4 members (excludes halogenated alkanes) is 1. The van der Waals surface area contributed by atoms with Gasteiger partial charge < -0.3 is 19.3 Å². The van der Waals surface area contributed by atoms with Crippen LogP contribution in [0.3, 0.4) is 0 Å². The minimum Gasteiger partial charge on any atom is -0.390 e. The number of benzene rings is 1. The Labute approximate surface area is 258 Å². The SMILES string of the molecule is Cn1c(=O)[nH]c2nc(CCCCN3CCOCC3)n(CC(O)CN3CCN(CCCS(=O)(=O)c4ccccc4)CC3)c2c1=O. The van der Waals surface area contributed by atoms with Crippen molar-refractivity contribution in [2.75, 3.05) is 77.9 Å². The first-order chi connectivity index (χ1) is 21.2. The van der Waals surface area contributed by atoms with Gasteiger partial charge in [-0.05, 0) is 44.5 Å². The number of imidazole rings is 1. The minimum atomic E-state index is -3.28. The number of β-amino-alcohol motifs (C(OH)–C–C–N with tert-alkyl or cyclic N) is 1. The maximum absolute atomic E-state index is 13.1. The van der Waals surface area contributed by atoms with Gasteiger partial charge in [0, 0.05) is 59.3 Å². The van der Waals surface area contributed by atoms with Crippen molar-refractivity contribution in [3.8, 4) is 0 Å². The average Bonchev–Trinajstić information content (AvgIpc) is 3.36. The van der Waals surface area contributed by atoms with Gasteiger partial charge >= 0.3 is 5.69 Å². The van der Waals surface area contributed by atoms with Gasteiger partial charge in [-0.15, -0.1) is 0 Å². The number of rotatable bonds is 14. The van der Waals surface area contributed by atoms with Crippen molar-refractivity contribution in [2.45, 2.75) is 43.2 Å². The number of aryl methyl sites for hydroxylation is 1. The lowest BCUT2D eigenvalue weighted by Crippen LogP contribution is -2.49. The number of aromatic amines is 1. The summed E-state index contributed by atoms with van der Waals surface area (Å²) in [6.45, 7) is 8.83. The molecule has 242 valence electrons. The quantitative estimate of drug-likeness (QED) is 0.232. The van der Waals surface area contributed by atoms with Crippen LogP contribution in [0.1, 0.15) is 25.1 Å². The first kappa shape index (κ1) is 32.5. The van der Waals surface area contributed by atoms with Crippen LogP contribution < -0.4 is 11.2 Å². The van der Waals surface area contributed by atoms with Crippen molar-refractivity contribution >= 4 is 21.0 Å². The fourth-order valence-corrected chi connectivity index (χ4v) is 7.37. The molecule has 0 saturated carbocycles. The van der Waals surface area contributed by atoms with Crippen molar-refractivity contribution in [2.24, 2.45) is 7.05 Å². The van der Waals surface area contributed by atoms with Crippen LogP contribution in [-0.4, -0.2) is 131 Å². The molecule has 2 N–H and O–H groups in total. The van der Waals surface area contributed by atoms with Gasteiger partial charge in [0.2, 0.25) is 0 Å². The Morgan fingerprint density at radius 1 is 0.909 bits per heavy atom. The molecule has 13 nitrogen and oxygen atoms in total. The van der Waals surface area contributed by atoms with E-state index in [1.807, 2.05) is 6.07 Å². The van der Waals surface area contributed by atoms with E-state index < -0.39 is 27.2 Å². The molecule has 0 radical (unpaired) electrons. The summed E-state index contributed by atoms with van der Waals surface area (Å²) in [7, 11) is -1.84. The Kier molecular flexibility index (Phi) is 11.0. The largest absolute Gasteiger partial charge is 0.390 e. The molecule has 5 rings (SSSR count). The third-order valence-corrected chi connectivity index (χ3v) is 10.4. The van der Waals surface area contributed by atoms with Crippen molar-refractivity contribution in [3.05, 3.63) is 57.0 Å². The molecule has 4 heterocycles. The molecule has 14 heteroatoms. The van der Waals surface area contributed by atoms with E-state index in [9.17, 15) is 23.1 Å². The number of sulfone groups is 1. The molecular weight excluding hydrogens is 586 g/mol. The average molecular weight is 632 g/mol. The van der Waals surface area contributed by atoms with Gasteiger partial charge in [-0.2, -0.15) is 0 Å². The highest BCUT2D eigenvalue weighted by Gasteiger charge is 2.23. The van der Waals surface area contributed by atoms with Crippen LogP contribution in [-0.2, 0) is 34.6 Å². The van der Waals surface area contributed by atoms with Gasteiger partial charge in [0.05, 0.1) is 36.5 Å². The number of H-pyrrole nitrogens is 1. The van der Waals surface area contributed by atoms with E-state index in [1.165, 1.54) is 7.05 Å². The molecule has 1 unspecified atom stereocenters. The number of morpholine rings is 1. The van der Waals surface area contributed by atoms with Gasteiger partial charge in [-0.1, -0.05) is 18.2 Å². The predicted molar refractivity (Wildman–Crippen MR) is 168 cm³/mol. The highest BCUT2D eigenvalue weighted by Crippen LogP contribution is 2.16. The smallest absolute Gasteiger partial charge is 0.329 e. The van der Waals surface area contributed by atoms with E-state index in [2.05, 4.69) is 24.7 Å². The Morgan fingerprint density at radius 3 is 2.30 bits per heavy atom. The van der Waals surface area contributed by atoms with E-state index >= 15 is 0 Å². The van der Waals surface area contributed by atoms with Gasteiger partial charge in [-0.3, -0.25) is 24.1 Å². The molecule has 3 aromatic rings. The number of hydrogen-bond acceptors (Lipinski definition) is 10. The van der Waals surface area contributed by atoms with Gasteiger partial charge in [-0.25, -0.2) is 18.2 Å². The maximum atomic E-state index is 13.1. The molecule has 0 spiro atoms. The number of hydrogen-bond donors (Lipinski definition) is 2. The van der Waals surface area contributed by atoms with Crippen LogP contribution in [0.25, 0.3) is 11.2 Å². The standard InChI is InChI=1S/C30H45N7O6S/c1-33-29(39)27-28(32-30(33)40)31-26(10-5-6-11-35-17-19-43-20-18-35)37(27)23-24(38)22-36-15-13-34(14-16-36)12-7-21-44(41,42)25-8-3-2-4-9-25/h2-4,8-9,24,38H,5-7,10-23H2,1H3,(H,32,40). The van der Waals surface area contributed by atoms with Crippen LogP contribution in [0.4, 0.5) is 0 Å². The van der Waals surface area contributed by atoms with Crippen LogP contribution in [0.5, 0.6) is 0 Å². The molecule has 0 aliphatic carbocycles. The van der Waals surface area contributed by atoms with E-state index in [-0.39, 0.29) is 17.9 Å². The number of aliphatic hydroxyl groups is 1. The molecule has 2 aliphatic rings. The molecule has 1 atom stereocenters. The zero-order valence-corrected chi connectivity index (χ0v) is 26.4. The fourth-order valence-electron chi connectivity index (χ4n) is 6.06. The normalized spacial score (nSPS) is 18.2. The van der Waals surface area contributed by atoms with Crippen LogP contribution in [0, 0.1) is 0 Å². The lowest BCUT2D eigenvalue weighted by atomic mass is 10.2. The first-order valence-electron chi connectivity index (χ1n) is 15.6. The second kappa shape index (κ2) is 14.9. The van der Waals surface area contributed by atoms with Crippen molar-refractivity contribution in [1.29, 1.82) is 0 Å². The summed E-state index contributed by atoms with van der Waals surface area (Å²) >= 11 is 0. The maximum Gasteiger partial charge on any atom is 0.329 e.